The predicted molar refractivity (Wildman–Crippen MR) is 91.0 cm³/mol. The number of nitrogens with two attached hydrogens (primary N) is 1. The molecule has 0 spiro atoms. The molecule has 4 nitrogen and oxygen atoms in total. The summed E-state index contributed by atoms with van der Waals surface area (Å²) in [5, 5.41) is 3.38. The summed E-state index contributed by atoms with van der Waals surface area (Å²) in [6.45, 7) is 4.86. The van der Waals surface area contributed by atoms with Crippen LogP contribution in [0.25, 0.3) is 0 Å². The van der Waals surface area contributed by atoms with Crippen LogP contribution in [0.15, 0.2) is 16.6 Å². The maximum atomic E-state index is 12.1. The maximum absolute atomic E-state index is 12.1. The third-order valence-corrected chi connectivity index (χ3v) is 4.14. The van der Waals surface area contributed by atoms with Gasteiger partial charge < -0.3 is 15.8 Å². The number of carbonyl (C=O) groups excluding carboxylic acids is 1. The van der Waals surface area contributed by atoms with Gasteiger partial charge >= 0.3 is 0 Å². The van der Waals surface area contributed by atoms with Gasteiger partial charge in [0.05, 0.1) is 17.3 Å². The molecule has 0 radical (unpaired) electrons. The number of nitrogens with one attached hydrogen (secondary N) is 1. The highest BCUT2D eigenvalue weighted by atomic mass is 79.9. The summed E-state index contributed by atoms with van der Waals surface area (Å²) < 4.78 is 5.98. The monoisotopic (exact) mass is 376 g/mol. The molecule has 0 aliphatic rings. The highest BCUT2D eigenvalue weighted by Crippen LogP contribution is 2.36. The lowest BCUT2D eigenvalue weighted by Crippen LogP contribution is -2.20. The van der Waals surface area contributed by atoms with E-state index in [0.29, 0.717) is 33.9 Å². The average Bonchev–Trinajstić information content (AvgIpc) is 2.36. The van der Waals surface area contributed by atoms with Crippen LogP contribution < -0.4 is 15.8 Å². The Morgan fingerprint density at radius 2 is 2.10 bits per heavy atom. The number of halogens is 2. The minimum absolute atomic E-state index is 0.0606. The topological polar surface area (TPSA) is 64.3 Å². The van der Waals surface area contributed by atoms with Crippen molar-refractivity contribution in [1.82, 2.24) is 0 Å². The molecule has 0 heterocycles. The first-order chi connectivity index (χ1) is 9.79. The predicted octanol–water partition coefficient (Wildman–Crippen LogP) is 4.20. The lowest BCUT2D eigenvalue weighted by molar-refractivity contribution is -0.116. The Labute approximate surface area is 139 Å². The minimum Gasteiger partial charge on any atom is -0.493 e. The second-order valence-corrected chi connectivity index (χ2v) is 7.01. The number of methoxy groups -OCH3 is 1. The fraction of sp³-hybridized carbons (Fsp3) is 0.533. The first kappa shape index (κ1) is 18.3. The van der Waals surface area contributed by atoms with Gasteiger partial charge in [-0.15, -0.1) is 0 Å². The van der Waals surface area contributed by atoms with Crippen LogP contribution in [-0.4, -0.2) is 19.6 Å². The number of carbonyl (C=O) groups is 1. The SMILES string of the molecule is COc1c(Br)cc(Cl)cc1NC(=O)CCC(C)(C)CCN. The molecule has 0 atom stereocenters. The van der Waals surface area contributed by atoms with Crippen LogP contribution in [0.5, 0.6) is 5.75 Å². The zero-order valence-electron chi connectivity index (χ0n) is 12.6. The van der Waals surface area contributed by atoms with Crippen LogP contribution in [0.2, 0.25) is 5.02 Å². The van der Waals surface area contributed by atoms with E-state index in [1.807, 2.05) is 0 Å². The van der Waals surface area contributed by atoms with E-state index in [2.05, 4.69) is 35.1 Å². The summed E-state index contributed by atoms with van der Waals surface area (Å²) in [5.74, 6) is 0.501. The molecule has 3 N–H and O–H groups in total. The lowest BCUT2D eigenvalue weighted by Gasteiger charge is -2.23. The first-order valence-electron chi connectivity index (χ1n) is 6.82. The first-order valence-corrected chi connectivity index (χ1v) is 7.99. The van der Waals surface area contributed by atoms with Crippen molar-refractivity contribution >= 4 is 39.1 Å². The van der Waals surface area contributed by atoms with Crippen LogP contribution >= 0.6 is 27.5 Å². The number of hydrogen-bond acceptors (Lipinski definition) is 3. The number of amides is 1. The van der Waals surface area contributed by atoms with E-state index < -0.39 is 0 Å². The van der Waals surface area contributed by atoms with E-state index in [9.17, 15) is 4.79 Å². The van der Waals surface area contributed by atoms with Gasteiger partial charge in [0.2, 0.25) is 5.91 Å². The summed E-state index contributed by atoms with van der Waals surface area (Å²) in [4.78, 5) is 12.1. The normalized spacial score (nSPS) is 11.3. The van der Waals surface area contributed by atoms with Crippen molar-refractivity contribution in [3.63, 3.8) is 0 Å². The Morgan fingerprint density at radius 1 is 1.43 bits per heavy atom. The van der Waals surface area contributed by atoms with Crippen LogP contribution in [0, 0.1) is 5.41 Å². The molecule has 118 valence electrons. The van der Waals surface area contributed by atoms with Crippen molar-refractivity contribution in [2.45, 2.75) is 33.1 Å². The molecule has 6 heteroatoms. The Kier molecular flexibility index (Phi) is 6.97. The van der Waals surface area contributed by atoms with Crippen molar-refractivity contribution in [1.29, 1.82) is 0 Å². The fourth-order valence-corrected chi connectivity index (χ4v) is 3.01. The van der Waals surface area contributed by atoms with Gasteiger partial charge in [-0.05, 0) is 52.9 Å². The van der Waals surface area contributed by atoms with Gasteiger partial charge in [-0.2, -0.15) is 0 Å². The van der Waals surface area contributed by atoms with E-state index in [4.69, 9.17) is 22.1 Å². The van der Waals surface area contributed by atoms with Crippen molar-refractivity contribution in [3.05, 3.63) is 21.6 Å². The molecule has 0 fully saturated rings. The van der Waals surface area contributed by atoms with E-state index in [0.717, 1.165) is 12.8 Å². The van der Waals surface area contributed by atoms with E-state index in [1.54, 1.807) is 19.2 Å². The molecule has 1 aromatic rings. The summed E-state index contributed by atoms with van der Waals surface area (Å²) in [6, 6.07) is 3.40. The molecule has 0 saturated carbocycles. The molecule has 0 unspecified atom stereocenters. The number of anilines is 1. The second-order valence-electron chi connectivity index (χ2n) is 5.72. The third kappa shape index (κ3) is 5.85. The van der Waals surface area contributed by atoms with Crippen LogP contribution in [0.1, 0.15) is 33.1 Å². The number of rotatable bonds is 7. The van der Waals surface area contributed by atoms with Gasteiger partial charge in [0.15, 0.2) is 5.75 Å². The highest BCUT2D eigenvalue weighted by molar-refractivity contribution is 9.10. The van der Waals surface area contributed by atoms with E-state index in [1.165, 1.54) is 0 Å². The number of hydrogen-bond donors (Lipinski definition) is 2. The van der Waals surface area contributed by atoms with E-state index in [-0.39, 0.29) is 11.3 Å². The number of benzene rings is 1. The molecule has 0 bridgehead atoms. The fourth-order valence-electron chi connectivity index (χ4n) is 2.04. The molecule has 0 aliphatic heterocycles. The Balaban J connectivity index is 2.71. The molecule has 1 rings (SSSR count). The van der Waals surface area contributed by atoms with Crippen molar-refractivity contribution in [3.8, 4) is 5.75 Å². The smallest absolute Gasteiger partial charge is 0.224 e. The van der Waals surface area contributed by atoms with Gasteiger partial charge in [-0.25, -0.2) is 0 Å². The van der Waals surface area contributed by atoms with Gasteiger partial charge in [0.1, 0.15) is 0 Å². The van der Waals surface area contributed by atoms with Crippen molar-refractivity contribution < 1.29 is 9.53 Å². The Morgan fingerprint density at radius 3 is 2.67 bits per heavy atom. The summed E-state index contributed by atoms with van der Waals surface area (Å²) in [6.07, 6.45) is 2.10. The Bertz CT molecular complexity index is 507. The lowest BCUT2D eigenvalue weighted by atomic mass is 9.84. The van der Waals surface area contributed by atoms with Crippen molar-refractivity contribution in [2.75, 3.05) is 19.0 Å². The summed E-state index contributed by atoms with van der Waals surface area (Å²) in [7, 11) is 1.55. The van der Waals surface area contributed by atoms with Crippen molar-refractivity contribution in [2.24, 2.45) is 11.1 Å². The molecule has 0 aromatic heterocycles. The standard InChI is InChI=1S/C15H22BrClN2O2/c1-15(2,6-7-18)5-4-13(20)19-12-9-10(17)8-11(16)14(12)21-3/h8-9H,4-7,18H2,1-3H3,(H,19,20). The largest absolute Gasteiger partial charge is 0.493 e. The summed E-state index contributed by atoms with van der Waals surface area (Å²) in [5.41, 5.74) is 6.21. The van der Waals surface area contributed by atoms with Gasteiger partial charge in [0.25, 0.3) is 0 Å². The van der Waals surface area contributed by atoms with E-state index >= 15 is 0 Å². The van der Waals surface area contributed by atoms with Crippen LogP contribution in [-0.2, 0) is 4.79 Å². The minimum atomic E-state index is -0.0624. The number of ether oxygens (including phenoxy) is 1. The third-order valence-electron chi connectivity index (χ3n) is 3.34. The molecule has 21 heavy (non-hydrogen) atoms. The zero-order valence-corrected chi connectivity index (χ0v) is 15.0. The second kappa shape index (κ2) is 8.01. The summed E-state index contributed by atoms with van der Waals surface area (Å²) >= 11 is 9.37. The quantitative estimate of drug-likeness (QED) is 0.748. The van der Waals surface area contributed by atoms with Crippen LogP contribution in [0.3, 0.4) is 0 Å². The highest BCUT2D eigenvalue weighted by Gasteiger charge is 2.19. The maximum Gasteiger partial charge on any atom is 0.224 e. The molecular formula is C15H22BrClN2O2. The molecule has 1 aromatic carbocycles. The van der Waals surface area contributed by atoms with Gasteiger partial charge in [-0.3, -0.25) is 4.79 Å². The van der Waals surface area contributed by atoms with Gasteiger partial charge in [0, 0.05) is 11.4 Å². The molecule has 1 amide bonds. The molecular weight excluding hydrogens is 356 g/mol. The van der Waals surface area contributed by atoms with Crippen LogP contribution in [0.4, 0.5) is 5.69 Å². The molecule has 0 saturated heterocycles. The average molecular weight is 378 g/mol. The zero-order chi connectivity index (χ0) is 16.0. The Hall–Kier alpha value is -0.780. The van der Waals surface area contributed by atoms with Gasteiger partial charge in [-0.1, -0.05) is 25.4 Å². The molecule has 0 aliphatic carbocycles.